The Bertz CT molecular complexity index is 549. The van der Waals surface area contributed by atoms with E-state index in [9.17, 15) is 4.79 Å². The lowest BCUT2D eigenvalue weighted by atomic mass is 10.2. The van der Waals surface area contributed by atoms with Crippen molar-refractivity contribution < 1.29 is 9.53 Å². The fourth-order valence-corrected chi connectivity index (χ4v) is 1.77. The number of carbonyl (C=O) groups is 1. The first-order valence-electron chi connectivity index (χ1n) is 6.09. The SMILES string of the molecule is CCn1cc(CC(=O)COc2ccc(Cl)cc2)cn1. The van der Waals surface area contributed by atoms with Gasteiger partial charge in [0, 0.05) is 24.2 Å². The lowest BCUT2D eigenvalue weighted by molar-refractivity contribution is -0.120. The Hall–Kier alpha value is -1.81. The summed E-state index contributed by atoms with van der Waals surface area (Å²) in [5.74, 6) is 0.660. The molecule has 1 heterocycles. The van der Waals surface area contributed by atoms with E-state index in [1.807, 2.05) is 13.1 Å². The average Bonchev–Trinajstić information content (AvgIpc) is 2.86. The molecule has 4 nitrogen and oxygen atoms in total. The number of rotatable bonds is 6. The summed E-state index contributed by atoms with van der Waals surface area (Å²) in [7, 11) is 0. The Balaban J connectivity index is 1.82. The number of halogens is 1. The summed E-state index contributed by atoms with van der Waals surface area (Å²) in [6.07, 6.45) is 3.93. The van der Waals surface area contributed by atoms with E-state index in [0.717, 1.165) is 12.1 Å². The third-order valence-electron chi connectivity index (χ3n) is 2.63. The summed E-state index contributed by atoms with van der Waals surface area (Å²) in [5, 5.41) is 4.77. The molecule has 2 rings (SSSR count). The van der Waals surface area contributed by atoms with Gasteiger partial charge in [-0.2, -0.15) is 5.10 Å². The molecule has 1 aromatic heterocycles. The Labute approximate surface area is 116 Å². The van der Waals surface area contributed by atoms with Crippen LogP contribution in [0, 0.1) is 0 Å². The molecule has 5 heteroatoms. The lowest BCUT2D eigenvalue weighted by Crippen LogP contribution is -2.13. The van der Waals surface area contributed by atoms with Crippen LogP contribution in [0.25, 0.3) is 0 Å². The Morgan fingerprint density at radius 1 is 1.37 bits per heavy atom. The molecule has 0 saturated heterocycles. The number of ether oxygens (including phenoxy) is 1. The van der Waals surface area contributed by atoms with Crippen molar-refractivity contribution >= 4 is 17.4 Å². The number of aromatic nitrogens is 2. The van der Waals surface area contributed by atoms with Crippen molar-refractivity contribution in [3.63, 3.8) is 0 Å². The van der Waals surface area contributed by atoms with Crippen LogP contribution < -0.4 is 4.74 Å². The molecule has 0 aliphatic rings. The van der Waals surface area contributed by atoms with Gasteiger partial charge in [0.25, 0.3) is 0 Å². The van der Waals surface area contributed by atoms with E-state index < -0.39 is 0 Å². The minimum Gasteiger partial charge on any atom is -0.486 e. The van der Waals surface area contributed by atoms with Crippen molar-refractivity contribution in [2.75, 3.05) is 6.61 Å². The Kier molecular flexibility index (Phi) is 4.58. The number of aryl methyl sites for hydroxylation is 1. The zero-order chi connectivity index (χ0) is 13.7. The highest BCUT2D eigenvalue weighted by Gasteiger charge is 2.07. The number of nitrogens with zero attached hydrogens (tertiary/aromatic N) is 2. The monoisotopic (exact) mass is 278 g/mol. The number of Topliss-reactive ketones (excluding diaryl/α,β-unsaturated/α-hetero) is 1. The number of benzene rings is 1. The summed E-state index contributed by atoms with van der Waals surface area (Å²) in [6.45, 7) is 2.86. The van der Waals surface area contributed by atoms with Crippen LogP contribution in [0.5, 0.6) is 5.75 Å². The molecule has 2 aromatic rings. The van der Waals surface area contributed by atoms with Gasteiger partial charge in [0.2, 0.25) is 0 Å². The molecule has 0 bridgehead atoms. The van der Waals surface area contributed by atoms with E-state index in [4.69, 9.17) is 16.3 Å². The average molecular weight is 279 g/mol. The fourth-order valence-electron chi connectivity index (χ4n) is 1.64. The summed E-state index contributed by atoms with van der Waals surface area (Å²) in [6, 6.07) is 6.94. The van der Waals surface area contributed by atoms with Crippen molar-refractivity contribution in [1.29, 1.82) is 0 Å². The summed E-state index contributed by atoms with van der Waals surface area (Å²) >= 11 is 5.77. The molecule has 0 atom stereocenters. The highest BCUT2D eigenvalue weighted by atomic mass is 35.5. The van der Waals surface area contributed by atoms with Crippen LogP contribution in [0.15, 0.2) is 36.7 Å². The molecular weight excluding hydrogens is 264 g/mol. The molecule has 1 aromatic carbocycles. The van der Waals surface area contributed by atoms with Crippen LogP contribution in [0.4, 0.5) is 0 Å². The van der Waals surface area contributed by atoms with E-state index >= 15 is 0 Å². The zero-order valence-electron chi connectivity index (χ0n) is 10.7. The molecule has 0 saturated carbocycles. The van der Waals surface area contributed by atoms with Crippen LogP contribution in [0.3, 0.4) is 0 Å². The second-order valence-electron chi connectivity index (χ2n) is 4.16. The predicted molar refractivity (Wildman–Crippen MR) is 73.6 cm³/mol. The van der Waals surface area contributed by atoms with Crippen molar-refractivity contribution in [1.82, 2.24) is 9.78 Å². The first kappa shape index (κ1) is 13.6. The van der Waals surface area contributed by atoms with Gasteiger partial charge in [0.05, 0.1) is 6.20 Å². The van der Waals surface area contributed by atoms with E-state index in [1.54, 1.807) is 35.1 Å². The van der Waals surface area contributed by atoms with Crippen molar-refractivity contribution in [3.8, 4) is 5.75 Å². The Morgan fingerprint density at radius 2 is 2.11 bits per heavy atom. The van der Waals surface area contributed by atoms with Crippen LogP contribution >= 0.6 is 11.6 Å². The van der Waals surface area contributed by atoms with Gasteiger partial charge in [-0.05, 0) is 36.8 Å². The largest absolute Gasteiger partial charge is 0.486 e. The van der Waals surface area contributed by atoms with E-state index in [-0.39, 0.29) is 12.4 Å². The van der Waals surface area contributed by atoms with Gasteiger partial charge in [-0.15, -0.1) is 0 Å². The number of ketones is 1. The third-order valence-corrected chi connectivity index (χ3v) is 2.88. The van der Waals surface area contributed by atoms with Gasteiger partial charge in [-0.1, -0.05) is 11.6 Å². The summed E-state index contributed by atoms with van der Waals surface area (Å²) in [5.41, 5.74) is 0.909. The van der Waals surface area contributed by atoms with Gasteiger partial charge in [-0.3, -0.25) is 9.48 Å². The van der Waals surface area contributed by atoms with Gasteiger partial charge >= 0.3 is 0 Å². The second kappa shape index (κ2) is 6.38. The van der Waals surface area contributed by atoms with Crippen molar-refractivity contribution in [2.45, 2.75) is 19.9 Å². The predicted octanol–water partition coefficient (Wildman–Crippen LogP) is 2.75. The summed E-state index contributed by atoms with van der Waals surface area (Å²) < 4.78 is 7.19. The fraction of sp³-hybridized carbons (Fsp3) is 0.286. The lowest BCUT2D eigenvalue weighted by Gasteiger charge is -2.04. The topological polar surface area (TPSA) is 44.1 Å². The molecule has 0 unspecified atom stereocenters. The quantitative estimate of drug-likeness (QED) is 0.816. The Morgan fingerprint density at radius 3 is 2.74 bits per heavy atom. The molecule has 0 amide bonds. The van der Waals surface area contributed by atoms with Gasteiger partial charge in [-0.25, -0.2) is 0 Å². The standard InChI is InChI=1S/C14H15ClN2O2/c1-2-17-9-11(8-16-17)7-13(18)10-19-14-5-3-12(15)4-6-14/h3-6,8-9H,2,7,10H2,1H3. The number of hydrogen-bond donors (Lipinski definition) is 0. The molecule has 100 valence electrons. The number of hydrogen-bond acceptors (Lipinski definition) is 3. The normalized spacial score (nSPS) is 10.4. The molecule has 0 fully saturated rings. The van der Waals surface area contributed by atoms with Gasteiger partial charge in [0.15, 0.2) is 5.78 Å². The van der Waals surface area contributed by atoms with Crippen molar-refractivity contribution in [3.05, 3.63) is 47.2 Å². The van der Waals surface area contributed by atoms with Crippen LogP contribution in [-0.2, 0) is 17.8 Å². The molecule has 0 aliphatic heterocycles. The maximum Gasteiger partial charge on any atom is 0.174 e. The maximum atomic E-state index is 11.8. The second-order valence-corrected chi connectivity index (χ2v) is 4.60. The minimum absolute atomic E-state index is 0.0191. The van der Waals surface area contributed by atoms with Crippen LogP contribution in [-0.4, -0.2) is 22.2 Å². The highest BCUT2D eigenvalue weighted by Crippen LogP contribution is 2.15. The molecule has 0 spiro atoms. The molecule has 0 aliphatic carbocycles. The van der Waals surface area contributed by atoms with Gasteiger partial charge < -0.3 is 4.74 Å². The maximum absolute atomic E-state index is 11.8. The first-order chi connectivity index (χ1) is 9.17. The van der Waals surface area contributed by atoms with Crippen LogP contribution in [0.2, 0.25) is 5.02 Å². The molecule has 0 radical (unpaired) electrons. The first-order valence-corrected chi connectivity index (χ1v) is 6.46. The van der Waals surface area contributed by atoms with Gasteiger partial charge in [0.1, 0.15) is 12.4 Å². The van der Waals surface area contributed by atoms with E-state index in [2.05, 4.69) is 5.10 Å². The molecule has 0 N–H and O–H groups in total. The molecule has 19 heavy (non-hydrogen) atoms. The smallest absolute Gasteiger partial charge is 0.174 e. The van der Waals surface area contributed by atoms with E-state index in [0.29, 0.717) is 17.2 Å². The third kappa shape index (κ3) is 4.10. The highest BCUT2D eigenvalue weighted by molar-refractivity contribution is 6.30. The molecular formula is C14H15ClN2O2. The zero-order valence-corrected chi connectivity index (χ0v) is 11.4. The van der Waals surface area contributed by atoms with Crippen LogP contribution in [0.1, 0.15) is 12.5 Å². The minimum atomic E-state index is 0.0191. The van der Waals surface area contributed by atoms with Crippen molar-refractivity contribution in [2.24, 2.45) is 0 Å². The van der Waals surface area contributed by atoms with E-state index in [1.165, 1.54) is 0 Å². The summed E-state index contributed by atoms with van der Waals surface area (Å²) in [4.78, 5) is 11.8. The number of carbonyl (C=O) groups excluding carboxylic acids is 1.